The van der Waals surface area contributed by atoms with Gasteiger partial charge in [-0.1, -0.05) is 58.1 Å². The third-order valence-corrected chi connectivity index (χ3v) is 3.62. The van der Waals surface area contributed by atoms with Crippen LogP contribution in [0, 0.1) is 5.92 Å². The largest absolute Gasteiger partial charge is 0.497 e. The molecular weight excluding hydrogens is 220 g/mol. The van der Waals surface area contributed by atoms with Crippen molar-refractivity contribution in [3.05, 3.63) is 29.8 Å². The Morgan fingerprint density at radius 1 is 1.00 bits per heavy atom. The molecule has 0 spiro atoms. The molecule has 1 unspecified atom stereocenters. The lowest BCUT2D eigenvalue weighted by Gasteiger charge is -2.10. The fourth-order valence-electron chi connectivity index (χ4n) is 2.33. The molecule has 1 aromatic rings. The highest BCUT2D eigenvalue weighted by atomic mass is 16.5. The molecule has 0 aromatic heterocycles. The highest BCUT2D eigenvalue weighted by molar-refractivity contribution is 5.27. The van der Waals surface area contributed by atoms with E-state index in [9.17, 15) is 0 Å². The van der Waals surface area contributed by atoms with Gasteiger partial charge in [-0.05, 0) is 36.5 Å². The minimum atomic E-state index is 0.884. The Labute approximate surface area is 113 Å². The maximum Gasteiger partial charge on any atom is 0.118 e. The van der Waals surface area contributed by atoms with Gasteiger partial charge in [-0.25, -0.2) is 0 Å². The molecule has 0 aliphatic heterocycles. The molecule has 1 nitrogen and oxygen atoms in total. The monoisotopic (exact) mass is 248 g/mol. The minimum Gasteiger partial charge on any atom is -0.497 e. The minimum absolute atomic E-state index is 0.884. The van der Waals surface area contributed by atoms with Gasteiger partial charge in [-0.2, -0.15) is 0 Å². The molecule has 0 saturated carbocycles. The average Bonchev–Trinajstić information content (AvgIpc) is 2.40. The molecule has 0 radical (unpaired) electrons. The molecule has 0 saturated heterocycles. The number of hydrogen-bond donors (Lipinski definition) is 0. The molecule has 1 atom stereocenters. The van der Waals surface area contributed by atoms with E-state index in [1.54, 1.807) is 7.11 Å². The molecule has 0 aliphatic carbocycles. The second-order valence-electron chi connectivity index (χ2n) is 5.34. The van der Waals surface area contributed by atoms with Crippen LogP contribution in [0.5, 0.6) is 5.75 Å². The van der Waals surface area contributed by atoms with Crippen molar-refractivity contribution < 1.29 is 4.74 Å². The van der Waals surface area contributed by atoms with Crippen LogP contribution >= 0.6 is 0 Å². The van der Waals surface area contributed by atoms with Gasteiger partial charge in [-0.3, -0.25) is 0 Å². The van der Waals surface area contributed by atoms with Crippen LogP contribution in [0.4, 0.5) is 0 Å². The number of ether oxygens (including phenoxy) is 1. The SMILES string of the molecule is CCCCCC(C)CCCc1ccc(OC)cc1. The molecule has 0 aliphatic rings. The van der Waals surface area contributed by atoms with Crippen molar-refractivity contribution in [2.75, 3.05) is 7.11 Å². The van der Waals surface area contributed by atoms with Crippen LogP contribution in [0.1, 0.15) is 57.9 Å². The first kappa shape index (κ1) is 15.1. The van der Waals surface area contributed by atoms with E-state index in [0.717, 1.165) is 11.7 Å². The summed E-state index contributed by atoms with van der Waals surface area (Å²) in [6, 6.07) is 8.47. The van der Waals surface area contributed by atoms with Crippen molar-refractivity contribution in [3.8, 4) is 5.75 Å². The lowest BCUT2D eigenvalue weighted by atomic mass is 9.96. The van der Waals surface area contributed by atoms with E-state index in [-0.39, 0.29) is 0 Å². The van der Waals surface area contributed by atoms with Gasteiger partial charge < -0.3 is 4.74 Å². The van der Waals surface area contributed by atoms with Crippen LogP contribution in [0.2, 0.25) is 0 Å². The maximum atomic E-state index is 5.17. The van der Waals surface area contributed by atoms with Gasteiger partial charge in [0.25, 0.3) is 0 Å². The molecule has 1 rings (SSSR count). The van der Waals surface area contributed by atoms with Gasteiger partial charge in [-0.15, -0.1) is 0 Å². The highest BCUT2D eigenvalue weighted by Gasteiger charge is 2.02. The van der Waals surface area contributed by atoms with Crippen LogP contribution in [-0.2, 0) is 6.42 Å². The molecule has 1 heteroatoms. The molecule has 102 valence electrons. The van der Waals surface area contributed by atoms with Gasteiger partial charge in [0.15, 0.2) is 0 Å². The molecule has 18 heavy (non-hydrogen) atoms. The Morgan fingerprint density at radius 2 is 1.67 bits per heavy atom. The third kappa shape index (κ3) is 6.09. The number of benzene rings is 1. The fourth-order valence-corrected chi connectivity index (χ4v) is 2.33. The van der Waals surface area contributed by atoms with Gasteiger partial charge in [0.2, 0.25) is 0 Å². The van der Waals surface area contributed by atoms with E-state index in [1.165, 1.54) is 50.5 Å². The topological polar surface area (TPSA) is 9.23 Å². The van der Waals surface area contributed by atoms with E-state index in [2.05, 4.69) is 38.1 Å². The van der Waals surface area contributed by atoms with E-state index in [1.807, 2.05) is 0 Å². The molecule has 0 fully saturated rings. The molecule has 0 bridgehead atoms. The first-order valence-electron chi connectivity index (χ1n) is 7.39. The van der Waals surface area contributed by atoms with Crippen LogP contribution < -0.4 is 4.74 Å². The summed E-state index contributed by atoms with van der Waals surface area (Å²) in [7, 11) is 1.72. The van der Waals surface area contributed by atoms with Crippen molar-refractivity contribution >= 4 is 0 Å². The standard InChI is InChI=1S/C17H28O/c1-4-5-6-8-15(2)9-7-10-16-11-13-17(18-3)14-12-16/h11-15H,4-10H2,1-3H3. The Bertz CT molecular complexity index is 302. The van der Waals surface area contributed by atoms with Crippen LogP contribution in [0.15, 0.2) is 24.3 Å². The normalized spacial score (nSPS) is 12.4. The second-order valence-corrected chi connectivity index (χ2v) is 5.34. The molecular formula is C17H28O. The molecule has 0 amide bonds. The summed E-state index contributed by atoms with van der Waals surface area (Å²) >= 11 is 0. The van der Waals surface area contributed by atoms with Crippen molar-refractivity contribution in [1.82, 2.24) is 0 Å². The van der Waals surface area contributed by atoms with Gasteiger partial charge >= 0.3 is 0 Å². The van der Waals surface area contributed by atoms with Gasteiger partial charge in [0.05, 0.1) is 7.11 Å². The van der Waals surface area contributed by atoms with Crippen molar-refractivity contribution in [3.63, 3.8) is 0 Å². The summed E-state index contributed by atoms with van der Waals surface area (Å²) in [4.78, 5) is 0. The first-order chi connectivity index (χ1) is 8.76. The fraction of sp³-hybridized carbons (Fsp3) is 0.647. The predicted molar refractivity (Wildman–Crippen MR) is 79.2 cm³/mol. The van der Waals surface area contributed by atoms with E-state index in [4.69, 9.17) is 4.74 Å². The van der Waals surface area contributed by atoms with Crippen LogP contribution in [0.25, 0.3) is 0 Å². The highest BCUT2D eigenvalue weighted by Crippen LogP contribution is 2.18. The second kappa shape index (κ2) is 9.02. The van der Waals surface area contributed by atoms with Gasteiger partial charge in [0.1, 0.15) is 5.75 Å². The van der Waals surface area contributed by atoms with Crippen molar-refractivity contribution in [2.24, 2.45) is 5.92 Å². The lowest BCUT2D eigenvalue weighted by molar-refractivity contribution is 0.414. The Kier molecular flexibility index (Phi) is 7.55. The van der Waals surface area contributed by atoms with Gasteiger partial charge in [0, 0.05) is 0 Å². The summed E-state index contributed by atoms with van der Waals surface area (Å²) in [6.07, 6.45) is 9.38. The molecule has 1 aromatic carbocycles. The smallest absolute Gasteiger partial charge is 0.118 e. The molecule has 0 heterocycles. The lowest BCUT2D eigenvalue weighted by Crippen LogP contribution is -1.96. The number of unbranched alkanes of at least 4 members (excludes halogenated alkanes) is 2. The zero-order valence-electron chi connectivity index (χ0n) is 12.2. The summed E-state index contributed by atoms with van der Waals surface area (Å²) in [5.74, 6) is 1.83. The zero-order chi connectivity index (χ0) is 13.2. The van der Waals surface area contributed by atoms with Crippen molar-refractivity contribution in [2.45, 2.75) is 58.8 Å². The van der Waals surface area contributed by atoms with Crippen LogP contribution in [0.3, 0.4) is 0 Å². The molecule has 0 N–H and O–H groups in total. The summed E-state index contributed by atoms with van der Waals surface area (Å²) in [5, 5.41) is 0. The zero-order valence-corrected chi connectivity index (χ0v) is 12.2. The van der Waals surface area contributed by atoms with Crippen molar-refractivity contribution in [1.29, 1.82) is 0 Å². The Balaban J connectivity index is 2.16. The van der Waals surface area contributed by atoms with E-state index >= 15 is 0 Å². The van der Waals surface area contributed by atoms with E-state index in [0.29, 0.717) is 0 Å². The first-order valence-corrected chi connectivity index (χ1v) is 7.39. The summed E-state index contributed by atoms with van der Waals surface area (Å²) < 4.78 is 5.17. The quantitative estimate of drug-likeness (QED) is 0.543. The maximum absolute atomic E-state index is 5.17. The summed E-state index contributed by atoms with van der Waals surface area (Å²) in [6.45, 7) is 4.66. The van der Waals surface area contributed by atoms with E-state index < -0.39 is 0 Å². The number of rotatable bonds is 9. The summed E-state index contributed by atoms with van der Waals surface area (Å²) in [5.41, 5.74) is 1.43. The number of aryl methyl sites for hydroxylation is 1. The third-order valence-electron chi connectivity index (χ3n) is 3.62. The average molecular weight is 248 g/mol. The Hall–Kier alpha value is -0.980. The number of hydrogen-bond acceptors (Lipinski definition) is 1. The predicted octanol–water partition coefficient (Wildman–Crippen LogP) is 5.23. The Morgan fingerprint density at radius 3 is 2.28 bits per heavy atom. The van der Waals surface area contributed by atoms with Crippen LogP contribution in [-0.4, -0.2) is 7.11 Å². The number of methoxy groups -OCH3 is 1.